The number of fused-ring (bicyclic) bond motifs is 1. The van der Waals surface area contributed by atoms with E-state index >= 15 is 0 Å². The molecule has 22 heavy (non-hydrogen) atoms. The van der Waals surface area contributed by atoms with Crippen molar-refractivity contribution in [2.45, 2.75) is 26.4 Å². The summed E-state index contributed by atoms with van der Waals surface area (Å²) in [6, 6.07) is 4.08. The smallest absolute Gasteiger partial charge is 0.224 e. The monoisotopic (exact) mass is 302 g/mol. The summed E-state index contributed by atoms with van der Waals surface area (Å²) in [5.74, 6) is 0.0509. The van der Waals surface area contributed by atoms with Gasteiger partial charge >= 0.3 is 0 Å². The summed E-state index contributed by atoms with van der Waals surface area (Å²) in [5, 5.41) is 16.7. The molecule has 2 heterocycles. The number of furan rings is 1. The molecular weight excluding hydrogens is 280 g/mol. The molecule has 1 aliphatic heterocycles. The van der Waals surface area contributed by atoms with Crippen LogP contribution >= 0.6 is 0 Å². The number of aliphatic hydroxyl groups is 1. The molecule has 0 radical (unpaired) electrons. The number of β-amino-alcohol motifs (C(OH)–C–C–N with tert-alkyl or cyclic N) is 1. The van der Waals surface area contributed by atoms with Gasteiger partial charge in [-0.05, 0) is 37.1 Å². The molecule has 2 unspecified atom stereocenters. The highest BCUT2D eigenvalue weighted by Crippen LogP contribution is 2.25. The standard InChI is InChI=1S/C17H22N2O3/c1-10-3-14-12(9-22-16(14)4-11(10)2)5-17(21)19-7-13-6-18-8-15(13)20/h3-4,9,13,15,18,20H,5-8H2,1-2H3,(H,19,21). The van der Waals surface area contributed by atoms with Gasteiger partial charge < -0.3 is 20.2 Å². The van der Waals surface area contributed by atoms with Gasteiger partial charge in [0, 0.05) is 36.5 Å². The largest absolute Gasteiger partial charge is 0.464 e. The third kappa shape index (κ3) is 3.00. The number of nitrogens with one attached hydrogen (secondary N) is 2. The first-order valence-electron chi connectivity index (χ1n) is 7.67. The van der Waals surface area contributed by atoms with Crippen LogP contribution in [0.25, 0.3) is 11.0 Å². The van der Waals surface area contributed by atoms with Gasteiger partial charge in [-0.25, -0.2) is 0 Å². The van der Waals surface area contributed by atoms with E-state index in [4.69, 9.17) is 4.42 Å². The van der Waals surface area contributed by atoms with Crippen LogP contribution < -0.4 is 10.6 Å². The van der Waals surface area contributed by atoms with E-state index in [0.717, 1.165) is 23.1 Å². The molecule has 0 saturated carbocycles. The van der Waals surface area contributed by atoms with E-state index in [1.807, 2.05) is 13.0 Å². The quantitative estimate of drug-likeness (QED) is 0.795. The molecule has 1 saturated heterocycles. The maximum atomic E-state index is 12.1. The maximum Gasteiger partial charge on any atom is 0.224 e. The fraction of sp³-hybridized carbons (Fsp3) is 0.471. The Hall–Kier alpha value is -1.85. The van der Waals surface area contributed by atoms with Crippen LogP contribution in [0.1, 0.15) is 16.7 Å². The van der Waals surface area contributed by atoms with Gasteiger partial charge in [-0.1, -0.05) is 0 Å². The van der Waals surface area contributed by atoms with Crippen LogP contribution in [0.3, 0.4) is 0 Å². The number of rotatable bonds is 4. The van der Waals surface area contributed by atoms with Gasteiger partial charge in [0.1, 0.15) is 5.58 Å². The minimum Gasteiger partial charge on any atom is -0.464 e. The lowest BCUT2D eigenvalue weighted by molar-refractivity contribution is -0.120. The van der Waals surface area contributed by atoms with Crippen LogP contribution in [0, 0.1) is 19.8 Å². The second-order valence-corrected chi connectivity index (χ2v) is 6.16. The summed E-state index contributed by atoms with van der Waals surface area (Å²) < 4.78 is 5.55. The van der Waals surface area contributed by atoms with Crippen LogP contribution in [0.2, 0.25) is 0 Å². The first-order valence-corrected chi connectivity index (χ1v) is 7.67. The summed E-state index contributed by atoms with van der Waals surface area (Å²) in [6.07, 6.45) is 1.58. The van der Waals surface area contributed by atoms with Crippen LogP contribution in [0.4, 0.5) is 0 Å². The molecule has 1 fully saturated rings. The number of aliphatic hydroxyl groups excluding tert-OH is 1. The second-order valence-electron chi connectivity index (χ2n) is 6.16. The Balaban J connectivity index is 1.65. The van der Waals surface area contributed by atoms with Crippen molar-refractivity contribution < 1.29 is 14.3 Å². The van der Waals surface area contributed by atoms with E-state index in [1.54, 1.807) is 6.26 Å². The Kier molecular flexibility index (Phi) is 4.18. The van der Waals surface area contributed by atoms with Gasteiger partial charge in [0.25, 0.3) is 0 Å². The first kappa shape index (κ1) is 15.1. The molecule has 0 spiro atoms. The molecule has 3 rings (SSSR count). The average Bonchev–Trinajstić information content (AvgIpc) is 3.05. The molecular formula is C17H22N2O3. The van der Waals surface area contributed by atoms with Crippen molar-refractivity contribution in [2.24, 2.45) is 5.92 Å². The van der Waals surface area contributed by atoms with Crippen LogP contribution in [-0.4, -0.2) is 36.8 Å². The Labute approximate surface area is 129 Å². The fourth-order valence-electron chi connectivity index (χ4n) is 2.88. The van der Waals surface area contributed by atoms with Crippen molar-refractivity contribution in [2.75, 3.05) is 19.6 Å². The molecule has 5 heteroatoms. The van der Waals surface area contributed by atoms with Gasteiger partial charge in [-0.3, -0.25) is 4.79 Å². The van der Waals surface area contributed by atoms with Crippen molar-refractivity contribution in [1.29, 1.82) is 0 Å². The van der Waals surface area contributed by atoms with Crippen molar-refractivity contribution in [3.05, 3.63) is 35.1 Å². The highest BCUT2D eigenvalue weighted by Gasteiger charge is 2.25. The topological polar surface area (TPSA) is 74.5 Å². The van der Waals surface area contributed by atoms with E-state index in [2.05, 4.69) is 23.6 Å². The predicted molar refractivity (Wildman–Crippen MR) is 84.8 cm³/mol. The Morgan fingerprint density at radius 3 is 2.86 bits per heavy atom. The number of hydrogen-bond donors (Lipinski definition) is 3. The molecule has 1 aromatic carbocycles. The summed E-state index contributed by atoms with van der Waals surface area (Å²) in [6.45, 7) is 5.95. The molecule has 1 aromatic heterocycles. The Bertz CT molecular complexity index is 693. The number of benzene rings is 1. The highest BCUT2D eigenvalue weighted by molar-refractivity contribution is 5.88. The number of carbonyl (C=O) groups excluding carboxylic acids is 1. The summed E-state index contributed by atoms with van der Waals surface area (Å²) in [4.78, 5) is 12.1. The third-order valence-corrected chi connectivity index (χ3v) is 4.49. The van der Waals surface area contributed by atoms with Gasteiger partial charge in [0.05, 0.1) is 18.8 Å². The van der Waals surface area contributed by atoms with E-state index in [0.29, 0.717) is 19.5 Å². The molecule has 5 nitrogen and oxygen atoms in total. The van der Waals surface area contributed by atoms with E-state index < -0.39 is 0 Å². The molecule has 118 valence electrons. The number of amides is 1. The minimum absolute atomic E-state index is 0.0416. The van der Waals surface area contributed by atoms with Crippen LogP contribution in [0.15, 0.2) is 22.8 Å². The molecule has 0 bridgehead atoms. The van der Waals surface area contributed by atoms with Crippen molar-refractivity contribution in [3.8, 4) is 0 Å². The van der Waals surface area contributed by atoms with E-state index in [-0.39, 0.29) is 17.9 Å². The predicted octanol–water partition coefficient (Wildman–Crippen LogP) is 1.29. The van der Waals surface area contributed by atoms with E-state index in [1.165, 1.54) is 11.1 Å². The van der Waals surface area contributed by atoms with Crippen molar-refractivity contribution in [3.63, 3.8) is 0 Å². The molecule has 1 aliphatic rings. The van der Waals surface area contributed by atoms with Crippen molar-refractivity contribution >= 4 is 16.9 Å². The Morgan fingerprint density at radius 1 is 1.36 bits per heavy atom. The lowest BCUT2D eigenvalue weighted by Crippen LogP contribution is -2.35. The number of hydrogen-bond acceptors (Lipinski definition) is 4. The lowest BCUT2D eigenvalue weighted by atomic mass is 10.0. The first-order chi connectivity index (χ1) is 10.5. The zero-order valence-electron chi connectivity index (χ0n) is 13.0. The second kappa shape index (κ2) is 6.10. The normalized spacial score (nSPS) is 21.4. The molecule has 2 atom stereocenters. The molecule has 1 amide bonds. The SMILES string of the molecule is Cc1cc2occ(CC(=O)NCC3CNCC3O)c2cc1C. The fourth-order valence-corrected chi connectivity index (χ4v) is 2.88. The van der Waals surface area contributed by atoms with E-state index in [9.17, 15) is 9.90 Å². The lowest BCUT2D eigenvalue weighted by Gasteiger charge is -2.13. The van der Waals surface area contributed by atoms with Gasteiger partial charge in [0.15, 0.2) is 0 Å². The summed E-state index contributed by atoms with van der Waals surface area (Å²) >= 11 is 0. The van der Waals surface area contributed by atoms with Crippen LogP contribution in [-0.2, 0) is 11.2 Å². The van der Waals surface area contributed by atoms with Gasteiger partial charge in [0.2, 0.25) is 5.91 Å². The Morgan fingerprint density at radius 2 is 2.14 bits per heavy atom. The minimum atomic E-state index is -0.374. The van der Waals surface area contributed by atoms with Crippen molar-refractivity contribution in [1.82, 2.24) is 10.6 Å². The summed E-state index contributed by atoms with van der Waals surface area (Å²) in [7, 11) is 0. The van der Waals surface area contributed by atoms with Gasteiger partial charge in [-0.15, -0.1) is 0 Å². The zero-order chi connectivity index (χ0) is 15.7. The maximum absolute atomic E-state index is 12.1. The molecule has 2 aromatic rings. The van der Waals surface area contributed by atoms with Gasteiger partial charge in [-0.2, -0.15) is 0 Å². The number of carbonyl (C=O) groups is 1. The highest BCUT2D eigenvalue weighted by atomic mass is 16.3. The third-order valence-electron chi connectivity index (χ3n) is 4.49. The zero-order valence-corrected chi connectivity index (χ0v) is 13.0. The molecule has 3 N–H and O–H groups in total. The summed E-state index contributed by atoms with van der Waals surface area (Å²) in [5.41, 5.74) is 4.10. The van der Waals surface area contributed by atoms with Crippen LogP contribution in [0.5, 0.6) is 0 Å². The number of aryl methyl sites for hydroxylation is 2. The average molecular weight is 302 g/mol. The molecule has 0 aliphatic carbocycles.